The predicted molar refractivity (Wildman–Crippen MR) is 110 cm³/mol. The van der Waals surface area contributed by atoms with Crippen molar-refractivity contribution in [3.8, 4) is 0 Å². The molecule has 0 radical (unpaired) electrons. The first-order chi connectivity index (χ1) is 13.0. The summed E-state index contributed by atoms with van der Waals surface area (Å²) in [5, 5.41) is 2.75. The zero-order valence-electron chi connectivity index (χ0n) is 16.2. The van der Waals surface area contributed by atoms with E-state index >= 15 is 0 Å². The summed E-state index contributed by atoms with van der Waals surface area (Å²) in [6.07, 6.45) is 3.25. The van der Waals surface area contributed by atoms with Gasteiger partial charge in [-0.15, -0.1) is 0 Å². The van der Waals surface area contributed by atoms with Crippen LogP contribution in [0, 0.1) is 5.92 Å². The number of rotatable bonds is 6. The molecule has 0 aliphatic heterocycles. The van der Waals surface area contributed by atoms with Gasteiger partial charge in [-0.3, -0.25) is 4.79 Å². The number of halogens is 1. The quantitative estimate of drug-likeness (QED) is 0.657. The van der Waals surface area contributed by atoms with Gasteiger partial charge in [0.2, 0.25) is 5.09 Å². The van der Waals surface area contributed by atoms with E-state index < -0.39 is 21.5 Å². The van der Waals surface area contributed by atoms with Gasteiger partial charge in [0.25, 0.3) is 15.9 Å². The topological polar surface area (TPSA) is 88.4 Å². The van der Waals surface area contributed by atoms with Crippen LogP contribution >= 0.6 is 15.9 Å². The third-order valence-electron chi connectivity index (χ3n) is 4.65. The molecule has 1 saturated carbocycles. The van der Waals surface area contributed by atoms with E-state index in [0.29, 0.717) is 5.92 Å². The van der Waals surface area contributed by atoms with Crippen molar-refractivity contribution in [2.45, 2.75) is 56.7 Å². The number of hydrogen-bond acceptors (Lipinski definition) is 4. The van der Waals surface area contributed by atoms with Crippen molar-refractivity contribution in [2.75, 3.05) is 0 Å². The van der Waals surface area contributed by atoms with Gasteiger partial charge in [0, 0.05) is 10.0 Å². The monoisotopic (exact) mass is 468 g/mol. The van der Waals surface area contributed by atoms with Crippen molar-refractivity contribution in [3.63, 3.8) is 0 Å². The van der Waals surface area contributed by atoms with E-state index in [9.17, 15) is 13.2 Å². The summed E-state index contributed by atoms with van der Waals surface area (Å²) in [5.74, 6) is -0.0707. The van der Waals surface area contributed by atoms with Gasteiger partial charge in [-0.25, -0.2) is 13.1 Å². The first-order valence-corrected chi connectivity index (χ1v) is 11.5. The summed E-state index contributed by atoms with van der Waals surface area (Å²) in [6, 6.07) is 10.4. The molecular formula is C20H25BrN2O4S. The molecule has 0 saturated heterocycles. The van der Waals surface area contributed by atoms with Gasteiger partial charge in [0.1, 0.15) is 0 Å². The summed E-state index contributed by atoms with van der Waals surface area (Å²) in [5.41, 5.74) is 0.375. The molecule has 3 rings (SSSR count). The van der Waals surface area contributed by atoms with Crippen LogP contribution < -0.4 is 10.0 Å². The average Bonchev–Trinajstić information content (AvgIpc) is 3.02. The molecule has 1 aromatic heterocycles. The molecule has 1 unspecified atom stereocenters. The maximum Gasteiger partial charge on any atom is 0.287 e. The van der Waals surface area contributed by atoms with E-state index in [1.165, 1.54) is 12.1 Å². The molecule has 2 aromatic rings. The van der Waals surface area contributed by atoms with Crippen LogP contribution in [0.1, 0.15) is 62.2 Å². The molecule has 1 fully saturated rings. The molecular weight excluding hydrogens is 444 g/mol. The Morgan fingerprint density at radius 1 is 1.14 bits per heavy atom. The largest absolute Gasteiger partial charge is 0.438 e. The summed E-state index contributed by atoms with van der Waals surface area (Å²) >= 11 is 3.43. The van der Waals surface area contributed by atoms with Gasteiger partial charge in [-0.1, -0.05) is 34.5 Å². The Hall–Kier alpha value is -1.64. The number of nitrogens with one attached hydrogen (secondary N) is 2. The van der Waals surface area contributed by atoms with E-state index in [1.807, 2.05) is 24.3 Å². The summed E-state index contributed by atoms with van der Waals surface area (Å²) in [7, 11) is -3.83. The zero-order chi connectivity index (χ0) is 20.5. The molecule has 1 aliphatic rings. The van der Waals surface area contributed by atoms with Crippen LogP contribution in [0.15, 0.2) is 50.4 Å². The van der Waals surface area contributed by atoms with Crippen LogP contribution in [0.5, 0.6) is 0 Å². The number of carbonyl (C=O) groups is 1. The number of carbonyl (C=O) groups excluding carboxylic acids is 1. The van der Waals surface area contributed by atoms with Crippen molar-refractivity contribution in [3.05, 3.63) is 52.2 Å². The van der Waals surface area contributed by atoms with Crippen molar-refractivity contribution in [2.24, 2.45) is 5.92 Å². The highest BCUT2D eigenvalue weighted by Gasteiger charge is 2.31. The van der Waals surface area contributed by atoms with Crippen molar-refractivity contribution >= 4 is 31.9 Å². The number of hydrogen-bond donors (Lipinski definition) is 2. The molecule has 1 aromatic carbocycles. The van der Waals surface area contributed by atoms with Crippen molar-refractivity contribution < 1.29 is 17.6 Å². The van der Waals surface area contributed by atoms with Crippen LogP contribution in [0.2, 0.25) is 0 Å². The lowest BCUT2D eigenvalue weighted by Crippen LogP contribution is -2.40. The second-order valence-corrected chi connectivity index (χ2v) is 10.7. The van der Waals surface area contributed by atoms with E-state index in [-0.39, 0.29) is 16.9 Å². The maximum absolute atomic E-state index is 12.7. The van der Waals surface area contributed by atoms with Gasteiger partial charge < -0.3 is 9.73 Å². The Morgan fingerprint density at radius 3 is 2.32 bits per heavy atom. The Morgan fingerprint density at radius 2 is 1.79 bits per heavy atom. The fourth-order valence-electron chi connectivity index (χ4n) is 3.17. The van der Waals surface area contributed by atoms with Crippen molar-refractivity contribution in [1.82, 2.24) is 10.0 Å². The molecule has 0 bridgehead atoms. The van der Waals surface area contributed by atoms with Gasteiger partial charge in [-0.05, 0) is 69.4 Å². The highest BCUT2D eigenvalue weighted by molar-refractivity contribution is 9.10. The summed E-state index contributed by atoms with van der Waals surface area (Å²) in [4.78, 5) is 12.7. The molecule has 152 valence electrons. The normalized spacial score (nSPS) is 16.4. The predicted octanol–water partition coefficient (Wildman–Crippen LogP) is 4.39. The zero-order valence-corrected chi connectivity index (χ0v) is 18.6. The Bertz CT molecular complexity index is 941. The highest BCUT2D eigenvalue weighted by Crippen LogP contribution is 2.38. The van der Waals surface area contributed by atoms with E-state index in [0.717, 1.165) is 29.3 Å². The molecule has 8 heteroatoms. The van der Waals surface area contributed by atoms with Crippen molar-refractivity contribution in [1.29, 1.82) is 0 Å². The lowest BCUT2D eigenvalue weighted by Gasteiger charge is -2.34. The van der Waals surface area contributed by atoms with Gasteiger partial charge in [-0.2, -0.15) is 0 Å². The number of amides is 1. The average molecular weight is 469 g/mol. The lowest BCUT2D eigenvalue weighted by atomic mass is 9.77. The maximum atomic E-state index is 12.7. The third kappa shape index (κ3) is 5.04. The second-order valence-electron chi connectivity index (χ2n) is 8.17. The molecule has 1 aliphatic carbocycles. The standard InChI is InChI=1S/C20H25BrN2O4S/c1-20(2,3)23-28(25,26)17-12-11-16(27-17)19(24)22-18(13-5-4-6-13)14-7-9-15(21)10-8-14/h7-13,18,23H,4-6H2,1-3H3,(H,22,24). The smallest absolute Gasteiger partial charge is 0.287 e. The molecule has 1 heterocycles. The molecule has 1 atom stereocenters. The summed E-state index contributed by atoms with van der Waals surface area (Å²) < 4.78 is 33.6. The first-order valence-electron chi connectivity index (χ1n) is 9.25. The lowest BCUT2D eigenvalue weighted by molar-refractivity contribution is 0.0867. The molecule has 2 N–H and O–H groups in total. The Balaban J connectivity index is 1.78. The fraction of sp³-hybridized carbons (Fsp3) is 0.450. The second kappa shape index (κ2) is 8.00. The third-order valence-corrected chi connectivity index (χ3v) is 6.81. The van der Waals surface area contributed by atoms with Gasteiger partial charge in [0.05, 0.1) is 6.04 Å². The van der Waals surface area contributed by atoms with Crippen LogP contribution in [0.3, 0.4) is 0 Å². The van der Waals surface area contributed by atoms with Crippen LogP contribution in [0.4, 0.5) is 0 Å². The Kier molecular flexibility index (Phi) is 6.03. The fourth-order valence-corrected chi connectivity index (χ4v) is 4.79. The minimum absolute atomic E-state index is 0.0179. The van der Waals surface area contributed by atoms with E-state index in [2.05, 4.69) is 26.0 Å². The SMILES string of the molecule is CC(C)(C)NS(=O)(=O)c1ccc(C(=O)NC(c2ccc(Br)cc2)C2CCC2)o1. The van der Waals surface area contributed by atoms with Crippen LogP contribution in [0.25, 0.3) is 0 Å². The minimum Gasteiger partial charge on any atom is -0.438 e. The molecule has 0 spiro atoms. The Labute approximate surface area is 174 Å². The molecule has 1 amide bonds. The van der Waals surface area contributed by atoms with Crippen LogP contribution in [-0.4, -0.2) is 19.9 Å². The minimum atomic E-state index is -3.83. The molecule has 6 nitrogen and oxygen atoms in total. The van der Waals surface area contributed by atoms with E-state index in [4.69, 9.17) is 4.42 Å². The highest BCUT2D eigenvalue weighted by atomic mass is 79.9. The number of benzene rings is 1. The van der Waals surface area contributed by atoms with E-state index in [1.54, 1.807) is 20.8 Å². The van der Waals surface area contributed by atoms with Crippen LogP contribution in [-0.2, 0) is 10.0 Å². The first kappa shape index (κ1) is 21.1. The number of furan rings is 1. The van der Waals surface area contributed by atoms with Gasteiger partial charge in [0.15, 0.2) is 5.76 Å². The molecule has 28 heavy (non-hydrogen) atoms. The number of sulfonamides is 1. The summed E-state index contributed by atoms with van der Waals surface area (Å²) in [6.45, 7) is 5.22. The van der Waals surface area contributed by atoms with Gasteiger partial charge >= 0.3 is 0 Å².